The maximum atomic E-state index is 13.1. The second kappa shape index (κ2) is 10.4. The van der Waals surface area contributed by atoms with Gasteiger partial charge in [0.05, 0.1) is 22.3 Å². The van der Waals surface area contributed by atoms with Crippen molar-refractivity contribution in [2.24, 2.45) is 7.05 Å². The molecule has 1 aromatic carbocycles. The highest BCUT2D eigenvalue weighted by atomic mass is 35.5. The number of piperazine rings is 1. The number of aryl methyl sites for hydroxylation is 1. The number of fused-ring (bicyclic) bond motifs is 1. The number of nitriles is 1. The molecule has 1 fully saturated rings. The number of benzene rings is 1. The molecule has 190 valence electrons. The first-order valence-electron chi connectivity index (χ1n) is 12.0. The van der Waals surface area contributed by atoms with Gasteiger partial charge in [-0.15, -0.1) is 4.98 Å². The highest BCUT2D eigenvalue weighted by Crippen LogP contribution is 2.35. The lowest BCUT2D eigenvalue weighted by atomic mass is 9.97. The first-order chi connectivity index (χ1) is 18.3. The maximum absolute atomic E-state index is 13.1. The summed E-state index contributed by atoms with van der Waals surface area (Å²) in [5.74, 6) is 0.213. The van der Waals surface area contributed by atoms with Crippen LogP contribution in [0.5, 0.6) is 0 Å². The van der Waals surface area contributed by atoms with E-state index in [2.05, 4.69) is 32.7 Å². The van der Waals surface area contributed by atoms with Crippen LogP contribution in [0.4, 0.5) is 11.5 Å². The molecule has 0 radical (unpaired) electrons. The summed E-state index contributed by atoms with van der Waals surface area (Å²) >= 11 is 12.3. The molecule has 0 saturated carbocycles. The lowest BCUT2D eigenvalue weighted by molar-refractivity contribution is 0.148. The van der Waals surface area contributed by atoms with Crippen molar-refractivity contribution in [1.29, 1.82) is 5.26 Å². The van der Waals surface area contributed by atoms with Crippen molar-refractivity contribution in [2.45, 2.75) is 19.0 Å². The zero-order valence-corrected chi connectivity index (χ0v) is 22.3. The van der Waals surface area contributed by atoms with Gasteiger partial charge < -0.3 is 14.3 Å². The van der Waals surface area contributed by atoms with Gasteiger partial charge in [-0.3, -0.25) is 14.7 Å². The predicted octanol–water partition coefficient (Wildman–Crippen LogP) is 5.36. The summed E-state index contributed by atoms with van der Waals surface area (Å²) in [6.07, 6.45) is 1.65. The number of hydrogen-bond acceptors (Lipinski definition) is 6. The molecule has 4 heterocycles. The van der Waals surface area contributed by atoms with Crippen molar-refractivity contribution < 1.29 is 0 Å². The van der Waals surface area contributed by atoms with Crippen molar-refractivity contribution in [3.8, 4) is 6.07 Å². The molecular weight excluding hydrogens is 521 g/mol. The zero-order chi connectivity index (χ0) is 27.0. The van der Waals surface area contributed by atoms with Gasteiger partial charge in [-0.05, 0) is 48.9 Å². The lowest BCUT2D eigenvalue weighted by Gasteiger charge is -2.44. The minimum Gasteiger partial charge on any atom is -0.364 e. The summed E-state index contributed by atoms with van der Waals surface area (Å²) in [6.45, 7) is 11.2. The van der Waals surface area contributed by atoms with Crippen molar-refractivity contribution in [2.75, 3.05) is 24.5 Å². The van der Waals surface area contributed by atoms with Crippen LogP contribution in [0.25, 0.3) is 15.9 Å². The van der Waals surface area contributed by atoms with Gasteiger partial charge >= 0.3 is 0 Å². The zero-order valence-electron chi connectivity index (χ0n) is 20.8. The maximum Gasteiger partial charge on any atom is 0.271 e. The van der Waals surface area contributed by atoms with Crippen LogP contribution < -0.4 is 10.5 Å². The summed E-state index contributed by atoms with van der Waals surface area (Å²) in [4.78, 5) is 30.1. The minimum absolute atomic E-state index is 0.0107. The van der Waals surface area contributed by atoms with E-state index in [1.807, 2.05) is 41.3 Å². The van der Waals surface area contributed by atoms with E-state index in [0.717, 1.165) is 11.3 Å². The molecule has 10 heteroatoms. The van der Waals surface area contributed by atoms with E-state index in [-0.39, 0.29) is 29.0 Å². The molecule has 0 bridgehead atoms. The van der Waals surface area contributed by atoms with Crippen LogP contribution in [0.15, 0.2) is 59.5 Å². The molecule has 0 N–H and O–H groups in total. The smallest absolute Gasteiger partial charge is 0.271 e. The van der Waals surface area contributed by atoms with Gasteiger partial charge in [0.15, 0.2) is 0 Å². The van der Waals surface area contributed by atoms with Gasteiger partial charge in [-0.1, -0.05) is 41.9 Å². The van der Waals surface area contributed by atoms with Gasteiger partial charge in [0.2, 0.25) is 5.52 Å². The van der Waals surface area contributed by atoms with E-state index < -0.39 is 0 Å². The molecule has 8 nitrogen and oxygen atoms in total. The highest BCUT2D eigenvalue weighted by molar-refractivity contribution is 6.30. The average Bonchev–Trinajstić information content (AvgIpc) is 2.93. The summed E-state index contributed by atoms with van der Waals surface area (Å²) < 4.78 is 1.42. The summed E-state index contributed by atoms with van der Waals surface area (Å²) in [5.41, 5.74) is 3.09. The standard InChI is InChI=1S/C28H23Cl2N7O/c1-17-16-36(27-21(14-31)28(38)35(3)23-10-11-24(32-2)34-25(23)27)12-13-37(17)26(18-4-6-19(29)7-5-18)22-9-8-20(30)15-33-22/h4-11,15,17,26H,12-13,16H2,1,3H3/t17-,26?/m1/s1. The molecule has 4 aromatic rings. The van der Waals surface area contributed by atoms with Gasteiger partial charge in [0.1, 0.15) is 17.3 Å². The van der Waals surface area contributed by atoms with Crippen LogP contribution in [-0.2, 0) is 7.05 Å². The van der Waals surface area contributed by atoms with E-state index in [1.165, 1.54) is 4.57 Å². The number of halogens is 2. The Morgan fingerprint density at radius 3 is 2.47 bits per heavy atom. The molecular formula is C28H23Cl2N7O. The average molecular weight is 544 g/mol. The van der Waals surface area contributed by atoms with Gasteiger partial charge in [0.25, 0.3) is 11.4 Å². The summed E-state index contributed by atoms with van der Waals surface area (Å²) in [5, 5.41) is 11.2. The Morgan fingerprint density at radius 2 is 1.84 bits per heavy atom. The predicted molar refractivity (Wildman–Crippen MR) is 149 cm³/mol. The molecule has 1 saturated heterocycles. The fraction of sp³-hybridized carbons (Fsp3) is 0.250. The largest absolute Gasteiger partial charge is 0.364 e. The third-order valence-electron chi connectivity index (χ3n) is 6.97. The van der Waals surface area contributed by atoms with Crippen molar-refractivity contribution in [3.05, 3.63) is 103 Å². The number of aromatic nitrogens is 3. The number of nitrogens with zero attached hydrogens (tertiary/aromatic N) is 7. The second-order valence-electron chi connectivity index (χ2n) is 9.24. The molecule has 38 heavy (non-hydrogen) atoms. The topological polar surface area (TPSA) is 82.4 Å². The van der Waals surface area contributed by atoms with E-state index in [0.29, 0.717) is 46.4 Å². The van der Waals surface area contributed by atoms with E-state index in [1.54, 1.807) is 25.4 Å². The third kappa shape index (κ3) is 4.59. The SMILES string of the molecule is [C-]#[N+]c1ccc2c(n1)c(N1CCN(C(c3ccc(Cl)cc3)c3ccc(Cl)cn3)[C@H](C)C1)c(C#N)c(=O)n2C. The monoisotopic (exact) mass is 543 g/mol. The van der Waals surface area contributed by atoms with Crippen molar-refractivity contribution >= 4 is 45.7 Å². The fourth-order valence-corrected chi connectivity index (χ4v) is 5.38. The minimum atomic E-state index is -0.383. The van der Waals surface area contributed by atoms with Crippen molar-refractivity contribution in [3.63, 3.8) is 0 Å². The molecule has 3 aromatic heterocycles. The molecule has 0 amide bonds. The fourth-order valence-electron chi connectivity index (χ4n) is 5.14. The number of hydrogen-bond donors (Lipinski definition) is 0. The molecule has 1 unspecified atom stereocenters. The third-order valence-corrected chi connectivity index (χ3v) is 7.45. The Kier molecular flexibility index (Phi) is 7.05. The number of anilines is 1. The Bertz CT molecular complexity index is 1610. The quantitative estimate of drug-likeness (QED) is 0.322. The van der Waals surface area contributed by atoms with Crippen LogP contribution >= 0.6 is 23.2 Å². The lowest BCUT2D eigenvalue weighted by Crippen LogP contribution is -2.53. The molecule has 2 atom stereocenters. The van der Waals surface area contributed by atoms with Crippen LogP contribution in [0.2, 0.25) is 10.0 Å². The highest BCUT2D eigenvalue weighted by Gasteiger charge is 2.35. The van der Waals surface area contributed by atoms with Crippen LogP contribution in [0, 0.1) is 17.9 Å². The van der Waals surface area contributed by atoms with Crippen molar-refractivity contribution in [1.82, 2.24) is 19.4 Å². The van der Waals surface area contributed by atoms with Crippen LogP contribution in [0.3, 0.4) is 0 Å². The van der Waals surface area contributed by atoms with E-state index >= 15 is 0 Å². The van der Waals surface area contributed by atoms with Gasteiger partial charge in [-0.25, -0.2) is 0 Å². The summed E-state index contributed by atoms with van der Waals surface area (Å²) in [7, 11) is 1.62. The molecule has 1 aliphatic rings. The molecule has 0 aliphatic carbocycles. The first kappa shape index (κ1) is 25.7. The van der Waals surface area contributed by atoms with E-state index in [9.17, 15) is 10.1 Å². The Morgan fingerprint density at radius 1 is 1.11 bits per heavy atom. The number of rotatable bonds is 4. The normalized spacial score (nSPS) is 16.7. The Balaban J connectivity index is 1.56. The first-order valence-corrected chi connectivity index (χ1v) is 12.8. The molecule has 5 rings (SSSR count). The second-order valence-corrected chi connectivity index (χ2v) is 10.1. The van der Waals surface area contributed by atoms with Gasteiger partial charge in [0, 0.05) is 43.9 Å². The summed E-state index contributed by atoms with van der Waals surface area (Å²) in [6, 6.07) is 16.8. The molecule has 0 spiro atoms. The van der Waals surface area contributed by atoms with Gasteiger partial charge in [-0.2, -0.15) is 5.26 Å². The molecule has 1 aliphatic heterocycles. The van der Waals surface area contributed by atoms with E-state index in [4.69, 9.17) is 29.8 Å². The van der Waals surface area contributed by atoms with Crippen LogP contribution in [-0.4, -0.2) is 45.1 Å². The Hall–Kier alpha value is -3.95. The Labute approximate surface area is 230 Å². The number of pyridine rings is 3. The van der Waals surface area contributed by atoms with Crippen LogP contribution in [0.1, 0.15) is 29.8 Å².